The van der Waals surface area contributed by atoms with Gasteiger partial charge in [0, 0.05) is 14.1 Å². The van der Waals surface area contributed by atoms with Crippen LogP contribution in [0.4, 0.5) is 0 Å². The largest absolute Gasteiger partial charge is 0.335 e. The maximum absolute atomic E-state index is 5.04. The van der Waals surface area contributed by atoms with E-state index in [0.717, 1.165) is 5.82 Å². The van der Waals surface area contributed by atoms with Crippen molar-refractivity contribution in [2.75, 3.05) is 20.8 Å². The Balaban J connectivity index is 2.57. The Labute approximate surface area is 49.1 Å². The zero-order chi connectivity index (χ0) is 6.15. The van der Waals surface area contributed by atoms with Gasteiger partial charge in [0.1, 0.15) is 12.6 Å². The molecule has 0 saturated carbocycles. The lowest BCUT2D eigenvalue weighted by atomic mass is 10.7. The molecule has 0 aromatic rings. The van der Waals surface area contributed by atoms with E-state index in [9.17, 15) is 0 Å². The highest BCUT2D eigenvalue weighted by Gasteiger charge is 2.15. The maximum Gasteiger partial charge on any atom is 0.147 e. The van der Waals surface area contributed by atoms with Crippen LogP contribution in [0.25, 0.3) is 0 Å². The summed E-state index contributed by atoms with van der Waals surface area (Å²) in [4.78, 5) is 6.97. The summed E-state index contributed by atoms with van der Waals surface area (Å²) in [5, 5.41) is 1.65. The van der Waals surface area contributed by atoms with E-state index < -0.39 is 0 Å². The second kappa shape index (κ2) is 1.67. The number of hydrogen-bond acceptors (Lipinski definition) is 3. The Morgan fingerprint density at radius 3 is 2.38 bits per heavy atom. The van der Waals surface area contributed by atoms with E-state index in [0.29, 0.717) is 6.73 Å². The van der Waals surface area contributed by atoms with Crippen molar-refractivity contribution in [3.05, 3.63) is 12.4 Å². The molecule has 0 bridgehead atoms. The van der Waals surface area contributed by atoms with Crippen molar-refractivity contribution in [3.8, 4) is 0 Å². The Bertz CT molecular complexity index is 101. The van der Waals surface area contributed by atoms with E-state index >= 15 is 0 Å². The van der Waals surface area contributed by atoms with Crippen molar-refractivity contribution in [2.45, 2.75) is 0 Å². The average molecular weight is 114 g/mol. The lowest BCUT2D eigenvalue weighted by Crippen LogP contribution is -2.14. The standard InChI is InChI=1S/C5H10N2O/c1-5-6(2)4-8-7(5)3/h1,4H2,2-3H3. The minimum Gasteiger partial charge on any atom is -0.335 e. The molecule has 0 atom stereocenters. The first-order valence-electron chi connectivity index (χ1n) is 2.48. The van der Waals surface area contributed by atoms with Crippen LogP contribution in [0.15, 0.2) is 12.4 Å². The lowest BCUT2D eigenvalue weighted by molar-refractivity contribution is -0.0739. The third-order valence-corrected chi connectivity index (χ3v) is 1.25. The van der Waals surface area contributed by atoms with Gasteiger partial charge in [-0.15, -0.1) is 0 Å². The molecule has 3 nitrogen and oxygen atoms in total. The highest BCUT2D eigenvalue weighted by Crippen LogP contribution is 2.11. The van der Waals surface area contributed by atoms with Gasteiger partial charge in [-0.05, 0) is 0 Å². The molecular formula is C5H10N2O. The average Bonchev–Trinajstić information content (AvgIpc) is 1.98. The van der Waals surface area contributed by atoms with Crippen molar-refractivity contribution in [1.82, 2.24) is 9.96 Å². The van der Waals surface area contributed by atoms with Crippen LogP contribution in [-0.2, 0) is 4.84 Å². The minimum absolute atomic E-state index is 0.620. The number of hydroxylamine groups is 2. The second-order valence-electron chi connectivity index (χ2n) is 1.87. The molecular weight excluding hydrogens is 104 g/mol. The Hall–Kier alpha value is -0.700. The number of rotatable bonds is 0. The highest BCUT2D eigenvalue weighted by atomic mass is 16.7. The molecule has 0 unspecified atom stereocenters. The van der Waals surface area contributed by atoms with Crippen LogP contribution in [0.2, 0.25) is 0 Å². The van der Waals surface area contributed by atoms with Crippen molar-refractivity contribution in [1.29, 1.82) is 0 Å². The number of nitrogens with zero attached hydrogens (tertiary/aromatic N) is 2. The monoisotopic (exact) mass is 114 g/mol. The first-order valence-corrected chi connectivity index (χ1v) is 2.48. The fourth-order valence-electron chi connectivity index (χ4n) is 0.563. The Kier molecular flexibility index (Phi) is 1.13. The molecule has 1 heterocycles. The van der Waals surface area contributed by atoms with Gasteiger partial charge in [-0.2, -0.15) is 0 Å². The molecule has 3 heteroatoms. The molecule has 0 radical (unpaired) electrons. The van der Waals surface area contributed by atoms with Crippen LogP contribution in [0.1, 0.15) is 0 Å². The van der Waals surface area contributed by atoms with Crippen LogP contribution >= 0.6 is 0 Å². The maximum atomic E-state index is 5.04. The van der Waals surface area contributed by atoms with Gasteiger partial charge < -0.3 is 4.90 Å². The molecule has 0 N–H and O–H groups in total. The molecule has 8 heavy (non-hydrogen) atoms. The van der Waals surface area contributed by atoms with E-state index in [-0.39, 0.29) is 0 Å². The molecule has 1 aliphatic heterocycles. The summed E-state index contributed by atoms with van der Waals surface area (Å²) < 4.78 is 0. The molecule has 0 amide bonds. The third-order valence-electron chi connectivity index (χ3n) is 1.25. The first kappa shape index (κ1) is 5.44. The summed E-state index contributed by atoms with van der Waals surface area (Å²) in [6.07, 6.45) is 0. The van der Waals surface area contributed by atoms with Gasteiger partial charge in [0.05, 0.1) is 0 Å². The SMILES string of the molecule is C=C1N(C)CON1C. The summed E-state index contributed by atoms with van der Waals surface area (Å²) in [7, 11) is 3.78. The zero-order valence-electron chi connectivity index (χ0n) is 5.22. The summed E-state index contributed by atoms with van der Waals surface area (Å²) in [5.74, 6) is 0.907. The molecule has 46 valence electrons. The van der Waals surface area contributed by atoms with E-state index in [2.05, 4.69) is 6.58 Å². The molecule has 0 aliphatic carbocycles. The quantitative estimate of drug-likeness (QED) is 0.448. The van der Waals surface area contributed by atoms with Gasteiger partial charge in [-0.3, -0.25) is 4.84 Å². The van der Waals surface area contributed by atoms with Crippen molar-refractivity contribution < 1.29 is 4.84 Å². The predicted molar refractivity (Wildman–Crippen MR) is 30.6 cm³/mol. The zero-order valence-corrected chi connectivity index (χ0v) is 5.22. The lowest BCUT2D eigenvalue weighted by Gasteiger charge is -2.10. The van der Waals surface area contributed by atoms with Gasteiger partial charge in [-0.1, -0.05) is 6.58 Å². The summed E-state index contributed by atoms with van der Waals surface area (Å²) in [6, 6.07) is 0. The van der Waals surface area contributed by atoms with Gasteiger partial charge in [0.15, 0.2) is 0 Å². The summed E-state index contributed by atoms with van der Waals surface area (Å²) in [6.45, 7) is 4.36. The van der Waals surface area contributed by atoms with Gasteiger partial charge >= 0.3 is 0 Å². The first-order chi connectivity index (χ1) is 3.72. The van der Waals surface area contributed by atoms with Gasteiger partial charge in [-0.25, -0.2) is 5.06 Å². The van der Waals surface area contributed by atoms with Gasteiger partial charge in [0.2, 0.25) is 0 Å². The van der Waals surface area contributed by atoms with E-state index in [1.165, 1.54) is 0 Å². The topological polar surface area (TPSA) is 15.7 Å². The highest BCUT2D eigenvalue weighted by molar-refractivity contribution is 4.88. The smallest absolute Gasteiger partial charge is 0.147 e. The Morgan fingerprint density at radius 1 is 1.62 bits per heavy atom. The molecule has 0 aromatic carbocycles. The summed E-state index contributed by atoms with van der Waals surface area (Å²) in [5.41, 5.74) is 0. The molecule has 1 fully saturated rings. The van der Waals surface area contributed by atoms with E-state index in [1.807, 2.05) is 19.0 Å². The molecule has 1 saturated heterocycles. The van der Waals surface area contributed by atoms with E-state index in [1.54, 1.807) is 5.06 Å². The fraction of sp³-hybridized carbons (Fsp3) is 0.600. The Morgan fingerprint density at radius 2 is 2.25 bits per heavy atom. The van der Waals surface area contributed by atoms with Crippen molar-refractivity contribution in [2.24, 2.45) is 0 Å². The minimum atomic E-state index is 0.620. The molecule has 0 spiro atoms. The third kappa shape index (κ3) is 0.648. The second-order valence-corrected chi connectivity index (χ2v) is 1.87. The van der Waals surface area contributed by atoms with Crippen LogP contribution in [0.3, 0.4) is 0 Å². The molecule has 1 aliphatic rings. The van der Waals surface area contributed by atoms with Crippen LogP contribution in [0, 0.1) is 0 Å². The predicted octanol–water partition coefficient (Wildman–Crippen LogP) is 0.224. The van der Waals surface area contributed by atoms with Crippen LogP contribution in [-0.4, -0.2) is 30.8 Å². The molecule has 1 rings (SSSR count). The van der Waals surface area contributed by atoms with Crippen LogP contribution in [0.5, 0.6) is 0 Å². The van der Waals surface area contributed by atoms with Gasteiger partial charge in [0.25, 0.3) is 0 Å². The fourth-order valence-corrected chi connectivity index (χ4v) is 0.563. The van der Waals surface area contributed by atoms with Crippen molar-refractivity contribution >= 4 is 0 Å². The normalized spacial score (nSPS) is 20.5. The van der Waals surface area contributed by atoms with Crippen LogP contribution < -0.4 is 0 Å². The molecule has 0 aromatic heterocycles. The van der Waals surface area contributed by atoms with Crippen molar-refractivity contribution in [3.63, 3.8) is 0 Å². The number of hydrogen-bond donors (Lipinski definition) is 0. The van der Waals surface area contributed by atoms with E-state index in [4.69, 9.17) is 4.84 Å². The summed E-state index contributed by atoms with van der Waals surface area (Å²) >= 11 is 0.